The smallest absolute Gasteiger partial charge is 0.323 e. The van der Waals surface area contributed by atoms with Gasteiger partial charge in [-0.1, -0.05) is 29.9 Å². The molecule has 0 spiro atoms. The number of azide groups is 1. The van der Waals surface area contributed by atoms with Crippen molar-refractivity contribution in [1.82, 2.24) is 15.3 Å². The topological polar surface area (TPSA) is 188 Å². The van der Waals surface area contributed by atoms with Gasteiger partial charge in [0, 0.05) is 17.2 Å². The van der Waals surface area contributed by atoms with Crippen LogP contribution in [0, 0.1) is 0 Å². The number of hydrogen-bond acceptors (Lipinski definition) is 11. The fourth-order valence-electron chi connectivity index (χ4n) is 3.54. The van der Waals surface area contributed by atoms with E-state index in [0.717, 1.165) is 6.08 Å². The van der Waals surface area contributed by atoms with Crippen LogP contribution in [0.5, 0.6) is 5.75 Å². The lowest BCUT2D eigenvalue weighted by molar-refractivity contribution is -0.149. The molecule has 4 N–H and O–H groups in total. The predicted molar refractivity (Wildman–Crippen MR) is 138 cm³/mol. The van der Waals surface area contributed by atoms with Crippen LogP contribution in [0.3, 0.4) is 0 Å². The van der Waals surface area contributed by atoms with Crippen molar-refractivity contribution in [3.63, 3.8) is 0 Å². The summed E-state index contributed by atoms with van der Waals surface area (Å²) in [4.78, 5) is 28.0. The number of rotatable bonds is 11. The lowest BCUT2D eigenvalue weighted by Crippen LogP contribution is -2.46. The molecule has 1 fully saturated rings. The van der Waals surface area contributed by atoms with Crippen molar-refractivity contribution in [2.24, 2.45) is 5.11 Å². The van der Waals surface area contributed by atoms with E-state index in [2.05, 4.69) is 27.0 Å². The van der Waals surface area contributed by atoms with Crippen LogP contribution >= 0.6 is 6.64 Å². The first-order chi connectivity index (χ1) is 17.9. The van der Waals surface area contributed by atoms with Crippen LogP contribution in [0.2, 0.25) is 0 Å². The second-order valence-corrected chi connectivity index (χ2v) is 11.8. The van der Waals surface area contributed by atoms with Crippen molar-refractivity contribution in [2.75, 3.05) is 6.61 Å². The first kappa shape index (κ1) is 29.6. The zero-order chi connectivity index (χ0) is 28.1. The van der Waals surface area contributed by atoms with E-state index in [0.29, 0.717) is 5.75 Å². The van der Waals surface area contributed by atoms with E-state index in [-0.39, 0.29) is 11.9 Å². The molecule has 0 aliphatic carbocycles. The number of amides is 1. The molecule has 16 heteroatoms. The zero-order valence-electron chi connectivity index (χ0n) is 20.8. The molecule has 38 heavy (non-hydrogen) atoms. The molecule has 2 aliphatic rings. The number of carbonyl (C=O) groups is 2. The van der Waals surface area contributed by atoms with Gasteiger partial charge in [0.25, 0.3) is 5.91 Å². The van der Waals surface area contributed by atoms with E-state index in [4.69, 9.17) is 30.3 Å². The molecule has 1 aromatic carbocycles. The normalized spacial score (nSPS) is 27.3. The van der Waals surface area contributed by atoms with Gasteiger partial charge in [-0.2, -0.15) is 0 Å². The van der Waals surface area contributed by atoms with Crippen LogP contribution in [-0.2, 0) is 35.4 Å². The molecule has 1 amide bonds. The molecule has 6 atom stereocenters. The van der Waals surface area contributed by atoms with Gasteiger partial charge in [-0.15, -0.1) is 0 Å². The largest absolute Gasteiger partial charge is 0.462 e. The maximum atomic E-state index is 12.4. The summed E-state index contributed by atoms with van der Waals surface area (Å²) in [5.41, 5.74) is 7.08. The number of esters is 1. The van der Waals surface area contributed by atoms with Gasteiger partial charge in [-0.3, -0.25) is 9.59 Å². The minimum atomic E-state index is -3.61. The number of hydrogen-bond donors (Lipinski definition) is 4. The molecular formula is C22H29N6O8PS. The Morgan fingerprint density at radius 3 is 2.68 bits per heavy atom. The molecule has 0 bridgehead atoms. The van der Waals surface area contributed by atoms with E-state index >= 15 is 0 Å². The van der Waals surface area contributed by atoms with Crippen molar-refractivity contribution < 1.29 is 38.3 Å². The van der Waals surface area contributed by atoms with Crippen LogP contribution in [0.1, 0.15) is 20.8 Å². The highest BCUT2D eigenvalue weighted by molar-refractivity contribution is 8.09. The third kappa shape index (κ3) is 6.90. The Morgan fingerprint density at radius 1 is 1.39 bits per heavy atom. The Hall–Kier alpha value is -3.00. The lowest BCUT2D eigenvalue weighted by Gasteiger charge is -2.34. The van der Waals surface area contributed by atoms with Gasteiger partial charge in [0.05, 0.1) is 12.7 Å². The molecule has 1 saturated heterocycles. The van der Waals surface area contributed by atoms with E-state index < -0.39 is 55.3 Å². The van der Waals surface area contributed by atoms with Crippen LogP contribution in [-0.4, -0.2) is 69.9 Å². The average Bonchev–Trinajstić information content (AvgIpc) is 3.09. The van der Waals surface area contributed by atoms with Crippen LogP contribution in [0.25, 0.3) is 10.4 Å². The SMILES string of the molecule is C=C1NC(=O)C=CN1[C@@H]1O[C@@](COP(=S)(NC(C)C(=O)OC(C)C)Oc2ccccc2)(N=[N+]=[N-])[C@@H](O)[C@H]1O. The first-order valence-electron chi connectivity index (χ1n) is 11.4. The Morgan fingerprint density at radius 2 is 2.08 bits per heavy atom. The number of para-hydroxylation sites is 1. The Balaban J connectivity index is 1.87. The van der Waals surface area contributed by atoms with Crippen molar-refractivity contribution in [1.29, 1.82) is 0 Å². The van der Waals surface area contributed by atoms with E-state index in [1.165, 1.54) is 18.0 Å². The Labute approximate surface area is 224 Å². The zero-order valence-corrected chi connectivity index (χ0v) is 22.5. The Kier molecular flexibility index (Phi) is 9.52. The molecule has 1 aromatic rings. The average molecular weight is 569 g/mol. The summed E-state index contributed by atoms with van der Waals surface area (Å²) in [5.74, 6) is -0.673. The number of aliphatic hydroxyl groups excluding tert-OH is 2. The summed E-state index contributed by atoms with van der Waals surface area (Å²) in [6, 6.07) is 7.45. The van der Waals surface area contributed by atoms with Crippen LogP contribution in [0.15, 0.2) is 60.1 Å². The summed E-state index contributed by atoms with van der Waals surface area (Å²) in [6.45, 7) is 4.31. The number of nitrogens with zero attached hydrogens (tertiary/aromatic N) is 4. The minimum absolute atomic E-state index is 0.0584. The van der Waals surface area contributed by atoms with E-state index in [1.807, 2.05) is 0 Å². The fraction of sp³-hybridized carbons (Fsp3) is 0.455. The van der Waals surface area contributed by atoms with Gasteiger partial charge in [0.1, 0.15) is 29.8 Å². The van der Waals surface area contributed by atoms with Gasteiger partial charge >= 0.3 is 12.6 Å². The molecule has 0 radical (unpaired) electrons. The number of carbonyl (C=O) groups excluding carboxylic acids is 2. The monoisotopic (exact) mass is 568 g/mol. The van der Waals surface area contributed by atoms with Crippen molar-refractivity contribution in [3.05, 3.63) is 65.5 Å². The summed E-state index contributed by atoms with van der Waals surface area (Å²) < 4.78 is 22.8. The van der Waals surface area contributed by atoms with Gasteiger partial charge in [0.15, 0.2) is 6.23 Å². The molecule has 0 saturated carbocycles. The van der Waals surface area contributed by atoms with Gasteiger partial charge in [-0.05, 0) is 50.2 Å². The molecule has 206 valence electrons. The Bertz CT molecular complexity index is 1180. The molecule has 2 unspecified atom stereocenters. The minimum Gasteiger partial charge on any atom is -0.462 e. The molecule has 3 rings (SSSR count). The van der Waals surface area contributed by atoms with Crippen molar-refractivity contribution >= 4 is 30.3 Å². The third-order valence-corrected chi connectivity index (χ3v) is 7.80. The second-order valence-electron chi connectivity index (χ2n) is 8.65. The van der Waals surface area contributed by atoms with E-state index in [1.54, 1.807) is 44.2 Å². The highest BCUT2D eigenvalue weighted by Crippen LogP contribution is 2.48. The quantitative estimate of drug-likeness (QED) is 0.100. The third-order valence-electron chi connectivity index (χ3n) is 5.32. The molecular weight excluding hydrogens is 539 g/mol. The molecule has 2 heterocycles. The number of nitrogens with one attached hydrogen (secondary N) is 2. The van der Waals surface area contributed by atoms with Crippen molar-refractivity contribution in [2.45, 2.75) is 57.1 Å². The first-order valence-corrected chi connectivity index (χ1v) is 14.1. The van der Waals surface area contributed by atoms with Crippen molar-refractivity contribution in [3.8, 4) is 5.75 Å². The maximum absolute atomic E-state index is 12.4. The second kappa shape index (κ2) is 12.2. The summed E-state index contributed by atoms with van der Waals surface area (Å²) in [7, 11) is 0. The summed E-state index contributed by atoms with van der Waals surface area (Å²) in [6.07, 6.45) is -2.65. The number of aliphatic hydroxyl groups is 2. The highest BCUT2D eigenvalue weighted by atomic mass is 32.5. The predicted octanol–water partition coefficient (Wildman–Crippen LogP) is 1.74. The standard InChI is InChI=1S/C22H29N6O8PS/c1-13(2)34-21(32)14(3)25-37(38,36-16-8-6-5-7-9-16)33-12-22(26-27-23)19(31)18(30)20(35-22)28-11-10-17(29)24-15(28)4/h5-11,13-14,18-20,30-31H,4,12H2,1-3H3,(H,24,29)(H,25,38)/t14?,18-,19+,20-,22-,37?/m1/s1. The maximum Gasteiger partial charge on any atom is 0.323 e. The lowest BCUT2D eigenvalue weighted by atomic mass is 10.1. The number of benzene rings is 1. The van der Waals surface area contributed by atoms with Gasteiger partial charge < -0.3 is 39.0 Å². The molecule has 0 aromatic heterocycles. The van der Waals surface area contributed by atoms with Gasteiger partial charge in [0.2, 0.25) is 5.72 Å². The van der Waals surface area contributed by atoms with E-state index in [9.17, 15) is 25.3 Å². The highest BCUT2D eigenvalue weighted by Gasteiger charge is 2.57. The van der Waals surface area contributed by atoms with Crippen LogP contribution < -0.4 is 14.9 Å². The fourth-order valence-corrected chi connectivity index (χ4v) is 5.94. The molecule has 2 aliphatic heterocycles. The molecule has 14 nitrogen and oxygen atoms in total. The summed E-state index contributed by atoms with van der Waals surface area (Å²) in [5, 5.41) is 30.5. The van der Waals surface area contributed by atoms with Crippen LogP contribution in [0.4, 0.5) is 0 Å². The number of ether oxygens (including phenoxy) is 2. The summed E-state index contributed by atoms with van der Waals surface area (Å²) >= 11 is 5.65. The van der Waals surface area contributed by atoms with Gasteiger partial charge in [-0.25, -0.2) is 5.09 Å².